The summed E-state index contributed by atoms with van der Waals surface area (Å²) in [7, 11) is 1.38. The Morgan fingerprint density at radius 3 is 2.64 bits per heavy atom. The number of benzene rings is 1. The van der Waals surface area contributed by atoms with Gasteiger partial charge in [0, 0.05) is 18.1 Å². The number of halogens is 3. The molecule has 0 saturated heterocycles. The van der Waals surface area contributed by atoms with Crippen LogP contribution in [0.15, 0.2) is 23.6 Å². The van der Waals surface area contributed by atoms with Crippen molar-refractivity contribution in [3.05, 3.63) is 34.7 Å². The van der Waals surface area contributed by atoms with Crippen molar-refractivity contribution in [3.63, 3.8) is 0 Å². The van der Waals surface area contributed by atoms with E-state index in [1.165, 1.54) is 23.8 Å². The molecular formula is C16H13F3N2O3S. The summed E-state index contributed by atoms with van der Waals surface area (Å²) in [6, 6.07) is 3.61. The molecule has 0 bridgehead atoms. The van der Waals surface area contributed by atoms with Gasteiger partial charge in [0.05, 0.1) is 16.0 Å². The van der Waals surface area contributed by atoms with Crippen LogP contribution < -0.4 is 4.74 Å². The number of methoxy groups -OCH3 is 1. The maximum atomic E-state index is 13.1. The topological polar surface area (TPSA) is 64.5 Å². The number of hydrogen-bond acceptors (Lipinski definition) is 6. The van der Waals surface area contributed by atoms with E-state index in [2.05, 4.69) is 10.2 Å². The first-order chi connectivity index (χ1) is 11.8. The molecule has 5 nitrogen and oxygen atoms in total. The predicted molar refractivity (Wildman–Crippen MR) is 86.8 cm³/mol. The number of ether oxygens (including phenoxy) is 2. The van der Waals surface area contributed by atoms with Gasteiger partial charge in [-0.05, 0) is 30.7 Å². The summed E-state index contributed by atoms with van der Waals surface area (Å²) in [4.78, 5) is 0. The van der Waals surface area contributed by atoms with Crippen LogP contribution in [0.3, 0.4) is 0 Å². The maximum absolute atomic E-state index is 13.1. The summed E-state index contributed by atoms with van der Waals surface area (Å²) in [5.74, 6) is 0.0163. The Hall–Kier alpha value is -2.39. The number of fused-ring (bicyclic) bond motifs is 1. The fraction of sp³-hybridized carbons (Fsp3) is 0.250. The van der Waals surface area contributed by atoms with Crippen molar-refractivity contribution < 1.29 is 27.8 Å². The Morgan fingerprint density at radius 1 is 1.20 bits per heavy atom. The van der Waals surface area contributed by atoms with Gasteiger partial charge in [0.2, 0.25) is 0 Å². The van der Waals surface area contributed by atoms with E-state index in [1.807, 2.05) is 0 Å². The molecular weight excluding hydrogens is 357 g/mol. The second-order valence-electron chi connectivity index (χ2n) is 5.28. The van der Waals surface area contributed by atoms with Gasteiger partial charge in [-0.1, -0.05) is 0 Å². The maximum Gasteiger partial charge on any atom is 0.416 e. The van der Waals surface area contributed by atoms with Gasteiger partial charge in [0.1, 0.15) is 11.3 Å². The van der Waals surface area contributed by atoms with E-state index in [1.54, 1.807) is 13.0 Å². The molecule has 0 amide bonds. The highest BCUT2D eigenvalue weighted by molar-refractivity contribution is 7.17. The first kappa shape index (κ1) is 17.4. The lowest BCUT2D eigenvalue weighted by Gasteiger charge is -2.16. The van der Waals surface area contributed by atoms with Gasteiger partial charge >= 0.3 is 6.18 Å². The monoisotopic (exact) mass is 370 g/mol. The number of aryl methyl sites for hydroxylation is 1. The van der Waals surface area contributed by atoms with E-state index < -0.39 is 11.7 Å². The predicted octanol–water partition coefficient (Wildman–Crippen LogP) is 4.37. The highest BCUT2D eigenvalue weighted by Gasteiger charge is 2.32. The Balaban J connectivity index is 2.17. The second-order valence-corrected chi connectivity index (χ2v) is 6.19. The van der Waals surface area contributed by atoms with Gasteiger partial charge in [-0.15, -0.1) is 21.5 Å². The Bertz CT molecular complexity index is 925. The Kier molecular flexibility index (Phi) is 4.53. The molecule has 3 aromatic rings. The quantitative estimate of drug-likeness (QED) is 0.691. The van der Waals surface area contributed by atoms with Gasteiger partial charge in [0.25, 0.3) is 0 Å². The Morgan fingerprint density at radius 2 is 1.96 bits per heavy atom. The van der Waals surface area contributed by atoms with Crippen LogP contribution in [0.5, 0.6) is 11.5 Å². The minimum Gasteiger partial charge on any atom is -0.505 e. The molecule has 3 rings (SSSR count). The normalized spacial score (nSPS) is 11.9. The molecule has 2 heterocycles. The van der Waals surface area contributed by atoms with Gasteiger partial charge in [0.15, 0.2) is 12.5 Å². The van der Waals surface area contributed by atoms with Crippen LogP contribution in [0.4, 0.5) is 13.2 Å². The van der Waals surface area contributed by atoms with Crippen LogP contribution in [-0.2, 0) is 10.9 Å². The van der Waals surface area contributed by atoms with E-state index in [4.69, 9.17) is 9.47 Å². The summed E-state index contributed by atoms with van der Waals surface area (Å²) < 4.78 is 50.0. The lowest BCUT2D eigenvalue weighted by Crippen LogP contribution is -2.09. The molecule has 0 radical (unpaired) electrons. The first-order valence-electron chi connectivity index (χ1n) is 7.09. The average Bonchev–Trinajstić information content (AvgIpc) is 2.92. The van der Waals surface area contributed by atoms with Crippen LogP contribution >= 0.6 is 11.3 Å². The van der Waals surface area contributed by atoms with E-state index in [9.17, 15) is 18.3 Å². The molecule has 25 heavy (non-hydrogen) atoms. The van der Waals surface area contributed by atoms with Crippen LogP contribution in [0.25, 0.3) is 21.5 Å². The summed E-state index contributed by atoms with van der Waals surface area (Å²) in [6.45, 7) is 1.34. The zero-order valence-electron chi connectivity index (χ0n) is 13.2. The van der Waals surface area contributed by atoms with E-state index in [0.717, 1.165) is 12.1 Å². The van der Waals surface area contributed by atoms with Gasteiger partial charge in [-0.25, -0.2) is 0 Å². The van der Waals surface area contributed by atoms with Gasteiger partial charge in [-0.2, -0.15) is 13.2 Å². The van der Waals surface area contributed by atoms with Crippen molar-refractivity contribution in [2.45, 2.75) is 13.1 Å². The molecule has 2 aromatic heterocycles. The fourth-order valence-electron chi connectivity index (χ4n) is 2.42. The smallest absolute Gasteiger partial charge is 0.416 e. The third kappa shape index (κ3) is 3.38. The van der Waals surface area contributed by atoms with E-state index in [0.29, 0.717) is 27.0 Å². The summed E-state index contributed by atoms with van der Waals surface area (Å²) >= 11 is 1.26. The number of thiophene rings is 1. The van der Waals surface area contributed by atoms with Crippen molar-refractivity contribution in [1.29, 1.82) is 0 Å². The molecule has 0 unspecified atom stereocenters. The molecule has 0 fully saturated rings. The van der Waals surface area contributed by atoms with Gasteiger partial charge < -0.3 is 14.6 Å². The molecule has 132 valence electrons. The molecule has 0 saturated carbocycles. The average molecular weight is 370 g/mol. The van der Waals surface area contributed by atoms with Crippen LogP contribution in [0.1, 0.15) is 11.1 Å². The highest BCUT2D eigenvalue weighted by Crippen LogP contribution is 2.40. The summed E-state index contributed by atoms with van der Waals surface area (Å²) in [6.07, 6.45) is -4.50. The number of aromatic hydroxyl groups is 1. The third-order valence-electron chi connectivity index (χ3n) is 3.51. The van der Waals surface area contributed by atoms with Crippen LogP contribution in [-0.4, -0.2) is 29.2 Å². The van der Waals surface area contributed by atoms with Crippen molar-refractivity contribution in [3.8, 4) is 22.8 Å². The number of nitrogens with zero attached hydrogens (tertiary/aromatic N) is 2. The standard InChI is InChI=1S/C16H13F3N2O3S/c1-8-3-9(16(17,18)19)4-12(24-7-23-2)14(8)10-5-13-15(21-20-10)11(22)6-25-13/h3-6,22H,7H2,1-2H3. The number of hydrogen-bond donors (Lipinski definition) is 1. The van der Waals surface area contributed by atoms with Crippen molar-refractivity contribution >= 4 is 21.6 Å². The minimum absolute atomic E-state index is 0.00334. The SMILES string of the molecule is COCOc1cc(C(F)(F)F)cc(C)c1-c1cc2scc(O)c2nn1. The molecule has 0 aliphatic rings. The molecule has 0 atom stereocenters. The molecule has 1 N–H and O–H groups in total. The third-order valence-corrected chi connectivity index (χ3v) is 4.42. The number of rotatable bonds is 4. The second kappa shape index (κ2) is 6.49. The molecule has 9 heteroatoms. The fourth-order valence-corrected chi connectivity index (χ4v) is 3.21. The largest absolute Gasteiger partial charge is 0.505 e. The van der Waals surface area contributed by atoms with E-state index in [-0.39, 0.29) is 18.3 Å². The van der Waals surface area contributed by atoms with Crippen molar-refractivity contribution in [2.24, 2.45) is 0 Å². The van der Waals surface area contributed by atoms with Crippen molar-refractivity contribution in [1.82, 2.24) is 10.2 Å². The zero-order chi connectivity index (χ0) is 18.2. The summed E-state index contributed by atoms with van der Waals surface area (Å²) in [5, 5.41) is 19.2. The lowest BCUT2D eigenvalue weighted by atomic mass is 10.0. The molecule has 1 aromatic carbocycles. The zero-order valence-corrected chi connectivity index (χ0v) is 14.0. The minimum atomic E-state index is -4.50. The van der Waals surface area contributed by atoms with Gasteiger partial charge in [-0.3, -0.25) is 0 Å². The van der Waals surface area contributed by atoms with E-state index >= 15 is 0 Å². The summed E-state index contributed by atoms with van der Waals surface area (Å²) in [5.41, 5.74) is 0.620. The first-order valence-corrected chi connectivity index (χ1v) is 7.97. The van der Waals surface area contributed by atoms with Crippen molar-refractivity contribution in [2.75, 3.05) is 13.9 Å². The number of alkyl halides is 3. The van der Waals surface area contributed by atoms with Crippen LogP contribution in [0.2, 0.25) is 0 Å². The Labute approximate surface area is 144 Å². The molecule has 0 aliphatic heterocycles. The molecule has 0 aliphatic carbocycles. The highest BCUT2D eigenvalue weighted by atomic mass is 32.1. The molecule has 0 spiro atoms. The lowest BCUT2D eigenvalue weighted by molar-refractivity contribution is -0.137. The van der Waals surface area contributed by atoms with Crippen LogP contribution in [0, 0.1) is 6.92 Å². The number of aromatic nitrogens is 2.